The molecule has 0 bridgehead atoms. The maximum absolute atomic E-state index is 6.00. The Kier molecular flexibility index (Phi) is 7.45. The Labute approximate surface area is 123 Å². The maximum atomic E-state index is 6.00. The SMILES string of the molecule is CCC(N)Cc1ccc(OCC(CC)CC)c(OC)c1. The van der Waals surface area contributed by atoms with Gasteiger partial charge in [-0.3, -0.25) is 0 Å². The molecule has 0 saturated carbocycles. The summed E-state index contributed by atoms with van der Waals surface area (Å²) in [5.41, 5.74) is 7.20. The zero-order valence-electron chi connectivity index (χ0n) is 13.3. The summed E-state index contributed by atoms with van der Waals surface area (Å²) in [4.78, 5) is 0. The van der Waals surface area contributed by atoms with Crippen LogP contribution in [0.15, 0.2) is 18.2 Å². The van der Waals surface area contributed by atoms with Crippen molar-refractivity contribution in [2.75, 3.05) is 13.7 Å². The van der Waals surface area contributed by atoms with Crippen LogP contribution >= 0.6 is 0 Å². The fraction of sp³-hybridized carbons (Fsp3) is 0.647. The fourth-order valence-corrected chi connectivity index (χ4v) is 2.14. The summed E-state index contributed by atoms with van der Waals surface area (Å²) in [7, 11) is 1.68. The van der Waals surface area contributed by atoms with Crippen LogP contribution in [0.4, 0.5) is 0 Å². The van der Waals surface area contributed by atoms with E-state index in [-0.39, 0.29) is 6.04 Å². The van der Waals surface area contributed by atoms with Crippen molar-refractivity contribution in [3.8, 4) is 11.5 Å². The van der Waals surface area contributed by atoms with Gasteiger partial charge in [-0.1, -0.05) is 39.7 Å². The number of methoxy groups -OCH3 is 1. The molecule has 0 amide bonds. The van der Waals surface area contributed by atoms with E-state index in [1.165, 1.54) is 5.56 Å². The average Bonchev–Trinajstić information content (AvgIpc) is 2.49. The number of benzene rings is 1. The predicted octanol–water partition coefficient (Wildman–Crippen LogP) is 3.79. The first-order chi connectivity index (χ1) is 9.64. The molecule has 1 atom stereocenters. The zero-order chi connectivity index (χ0) is 15.0. The van der Waals surface area contributed by atoms with E-state index >= 15 is 0 Å². The molecule has 0 heterocycles. The third kappa shape index (κ3) is 5.04. The van der Waals surface area contributed by atoms with Gasteiger partial charge in [-0.05, 0) is 36.5 Å². The molecule has 3 nitrogen and oxygen atoms in total. The second kappa shape index (κ2) is 8.85. The Morgan fingerprint density at radius 2 is 1.75 bits per heavy atom. The van der Waals surface area contributed by atoms with Crippen molar-refractivity contribution in [1.29, 1.82) is 0 Å². The quantitative estimate of drug-likeness (QED) is 0.748. The topological polar surface area (TPSA) is 44.5 Å². The molecule has 3 heteroatoms. The van der Waals surface area contributed by atoms with Crippen molar-refractivity contribution in [1.82, 2.24) is 0 Å². The molecule has 1 rings (SSSR count). The van der Waals surface area contributed by atoms with Crippen LogP contribution in [-0.2, 0) is 6.42 Å². The third-order valence-electron chi connectivity index (χ3n) is 3.88. The number of hydrogen-bond donors (Lipinski definition) is 1. The summed E-state index contributed by atoms with van der Waals surface area (Å²) in [5, 5.41) is 0. The van der Waals surface area contributed by atoms with Gasteiger partial charge in [0, 0.05) is 6.04 Å². The summed E-state index contributed by atoms with van der Waals surface area (Å²) >= 11 is 0. The van der Waals surface area contributed by atoms with Gasteiger partial charge in [0.25, 0.3) is 0 Å². The molecule has 0 fully saturated rings. The molecule has 0 aliphatic heterocycles. The minimum Gasteiger partial charge on any atom is -0.493 e. The zero-order valence-corrected chi connectivity index (χ0v) is 13.3. The second-order valence-electron chi connectivity index (χ2n) is 5.35. The van der Waals surface area contributed by atoms with Crippen LogP contribution in [0.2, 0.25) is 0 Å². The van der Waals surface area contributed by atoms with Crippen molar-refractivity contribution in [2.45, 2.75) is 52.5 Å². The average molecular weight is 279 g/mol. The van der Waals surface area contributed by atoms with Crippen molar-refractivity contribution < 1.29 is 9.47 Å². The molecule has 1 aromatic carbocycles. The summed E-state index contributed by atoms with van der Waals surface area (Å²) in [6.45, 7) is 7.25. The van der Waals surface area contributed by atoms with Crippen molar-refractivity contribution in [3.05, 3.63) is 23.8 Å². The minimum absolute atomic E-state index is 0.205. The lowest BCUT2D eigenvalue weighted by Crippen LogP contribution is -2.21. The van der Waals surface area contributed by atoms with Gasteiger partial charge in [0.15, 0.2) is 11.5 Å². The molecule has 0 radical (unpaired) electrons. The highest BCUT2D eigenvalue weighted by Gasteiger charge is 2.10. The van der Waals surface area contributed by atoms with Gasteiger partial charge in [0.05, 0.1) is 13.7 Å². The molecule has 1 unspecified atom stereocenters. The van der Waals surface area contributed by atoms with Crippen LogP contribution < -0.4 is 15.2 Å². The molecule has 2 N–H and O–H groups in total. The van der Waals surface area contributed by atoms with Gasteiger partial charge in [-0.25, -0.2) is 0 Å². The first-order valence-corrected chi connectivity index (χ1v) is 7.69. The van der Waals surface area contributed by atoms with Gasteiger partial charge in [0.1, 0.15) is 0 Å². The summed E-state index contributed by atoms with van der Waals surface area (Å²) < 4.78 is 11.3. The predicted molar refractivity (Wildman–Crippen MR) is 84.5 cm³/mol. The van der Waals surface area contributed by atoms with E-state index in [1.807, 2.05) is 12.1 Å². The highest BCUT2D eigenvalue weighted by atomic mass is 16.5. The largest absolute Gasteiger partial charge is 0.493 e. The van der Waals surface area contributed by atoms with Crippen LogP contribution in [0.25, 0.3) is 0 Å². The van der Waals surface area contributed by atoms with Crippen molar-refractivity contribution >= 4 is 0 Å². The monoisotopic (exact) mass is 279 g/mol. The van der Waals surface area contributed by atoms with E-state index in [2.05, 4.69) is 26.8 Å². The van der Waals surface area contributed by atoms with E-state index in [4.69, 9.17) is 15.2 Å². The van der Waals surface area contributed by atoms with Gasteiger partial charge in [-0.15, -0.1) is 0 Å². The molecule has 0 aliphatic carbocycles. The van der Waals surface area contributed by atoms with Crippen LogP contribution in [0.3, 0.4) is 0 Å². The normalized spacial score (nSPS) is 12.5. The van der Waals surface area contributed by atoms with E-state index in [1.54, 1.807) is 7.11 Å². The second-order valence-corrected chi connectivity index (χ2v) is 5.35. The first-order valence-electron chi connectivity index (χ1n) is 7.69. The van der Waals surface area contributed by atoms with E-state index < -0.39 is 0 Å². The smallest absolute Gasteiger partial charge is 0.161 e. The summed E-state index contributed by atoms with van der Waals surface area (Å²) in [6.07, 6.45) is 4.14. The number of ether oxygens (including phenoxy) is 2. The number of rotatable bonds is 9. The van der Waals surface area contributed by atoms with E-state index in [0.29, 0.717) is 5.92 Å². The molecule has 0 aromatic heterocycles. The number of nitrogens with two attached hydrogens (primary N) is 1. The molecule has 0 aliphatic rings. The minimum atomic E-state index is 0.205. The molecular weight excluding hydrogens is 250 g/mol. The highest BCUT2D eigenvalue weighted by molar-refractivity contribution is 5.43. The molecular formula is C17H29NO2. The Hall–Kier alpha value is -1.22. The van der Waals surface area contributed by atoms with Gasteiger partial charge < -0.3 is 15.2 Å². The molecule has 0 saturated heterocycles. The lowest BCUT2D eigenvalue weighted by atomic mass is 10.0. The maximum Gasteiger partial charge on any atom is 0.161 e. The number of hydrogen-bond acceptors (Lipinski definition) is 3. The van der Waals surface area contributed by atoms with Gasteiger partial charge >= 0.3 is 0 Å². The van der Waals surface area contributed by atoms with E-state index in [0.717, 1.165) is 43.8 Å². The Balaban J connectivity index is 2.72. The lowest BCUT2D eigenvalue weighted by Gasteiger charge is -2.17. The first kappa shape index (κ1) is 16.8. The Bertz CT molecular complexity index is 389. The lowest BCUT2D eigenvalue weighted by molar-refractivity contribution is 0.230. The van der Waals surface area contributed by atoms with Crippen LogP contribution in [0, 0.1) is 5.92 Å². The van der Waals surface area contributed by atoms with Crippen LogP contribution in [0.5, 0.6) is 11.5 Å². The highest BCUT2D eigenvalue weighted by Crippen LogP contribution is 2.29. The Morgan fingerprint density at radius 3 is 2.30 bits per heavy atom. The third-order valence-corrected chi connectivity index (χ3v) is 3.88. The molecule has 1 aromatic rings. The van der Waals surface area contributed by atoms with Gasteiger partial charge in [-0.2, -0.15) is 0 Å². The Morgan fingerprint density at radius 1 is 1.05 bits per heavy atom. The van der Waals surface area contributed by atoms with Gasteiger partial charge in [0.2, 0.25) is 0 Å². The molecule has 20 heavy (non-hydrogen) atoms. The molecule has 0 spiro atoms. The van der Waals surface area contributed by atoms with Crippen LogP contribution in [-0.4, -0.2) is 19.8 Å². The summed E-state index contributed by atoms with van der Waals surface area (Å²) in [6, 6.07) is 6.33. The van der Waals surface area contributed by atoms with E-state index in [9.17, 15) is 0 Å². The van der Waals surface area contributed by atoms with Crippen molar-refractivity contribution in [2.24, 2.45) is 11.7 Å². The summed E-state index contributed by atoms with van der Waals surface area (Å²) in [5.74, 6) is 2.23. The fourth-order valence-electron chi connectivity index (χ4n) is 2.14. The van der Waals surface area contributed by atoms with Crippen LogP contribution in [0.1, 0.15) is 45.6 Å². The molecule has 114 valence electrons. The van der Waals surface area contributed by atoms with Crippen molar-refractivity contribution in [3.63, 3.8) is 0 Å². The standard InChI is InChI=1S/C17H29NO2/c1-5-13(6-2)12-20-16-9-8-14(10-15(18)7-3)11-17(16)19-4/h8-9,11,13,15H,5-7,10,12,18H2,1-4H3.